The van der Waals surface area contributed by atoms with Gasteiger partial charge in [-0.25, -0.2) is 4.57 Å². The second kappa shape index (κ2) is 38.7. The largest absolute Gasteiger partial charge is 0.469 e. The predicted octanol–water partition coefficient (Wildman–Crippen LogP) is 12.7. The SMILES string of the molecule is CC/C=C\C/C=C\C/C=C\C/C=C\CCC(=O)OC(COC(=O)CCCCCCCCCCCCCCCCCCCCCCC)COP(=O)(O)O. The van der Waals surface area contributed by atoms with Crippen LogP contribution in [0.5, 0.6) is 0 Å². The van der Waals surface area contributed by atoms with Crippen molar-refractivity contribution in [3.8, 4) is 0 Å². The number of carbonyl (C=O) groups is 2. The van der Waals surface area contributed by atoms with Crippen molar-refractivity contribution in [2.75, 3.05) is 13.2 Å². The van der Waals surface area contributed by atoms with E-state index in [4.69, 9.17) is 19.3 Å². The van der Waals surface area contributed by atoms with Gasteiger partial charge in [0.05, 0.1) is 6.61 Å². The number of esters is 2. The van der Waals surface area contributed by atoms with Gasteiger partial charge in [0.15, 0.2) is 6.10 Å². The highest BCUT2D eigenvalue weighted by Gasteiger charge is 2.22. The average Bonchev–Trinajstić information content (AvgIpc) is 3.11. The molecule has 302 valence electrons. The van der Waals surface area contributed by atoms with Crippen LogP contribution in [-0.2, 0) is 28.2 Å². The highest BCUT2D eigenvalue weighted by Crippen LogP contribution is 2.36. The Kier molecular flexibility index (Phi) is 37.2. The Morgan fingerprint density at radius 3 is 1.35 bits per heavy atom. The molecule has 1 unspecified atom stereocenters. The monoisotopic (exact) mass is 753 g/mol. The van der Waals surface area contributed by atoms with Gasteiger partial charge < -0.3 is 19.3 Å². The van der Waals surface area contributed by atoms with E-state index < -0.39 is 32.5 Å². The molecule has 0 aliphatic carbocycles. The van der Waals surface area contributed by atoms with E-state index in [1.165, 1.54) is 116 Å². The molecule has 0 radical (unpaired) electrons. The maximum absolute atomic E-state index is 12.3. The lowest BCUT2D eigenvalue weighted by Crippen LogP contribution is -2.29. The summed E-state index contributed by atoms with van der Waals surface area (Å²) in [6, 6.07) is 0. The molecule has 0 rings (SSSR count). The van der Waals surface area contributed by atoms with Gasteiger partial charge >= 0.3 is 19.8 Å². The first-order valence-corrected chi connectivity index (χ1v) is 22.5. The van der Waals surface area contributed by atoms with Crippen LogP contribution in [0, 0.1) is 0 Å². The zero-order chi connectivity index (χ0) is 38.2. The molecule has 1 atom stereocenters. The average molecular weight is 753 g/mol. The summed E-state index contributed by atoms with van der Waals surface area (Å²) in [6.07, 6.45) is 47.2. The number of phosphoric acid groups is 1. The number of unbranched alkanes of at least 4 members (excludes halogenated alkanes) is 20. The lowest BCUT2D eigenvalue weighted by atomic mass is 10.0. The first kappa shape index (κ1) is 50.0. The zero-order valence-corrected chi connectivity index (χ0v) is 34.1. The molecule has 9 heteroatoms. The van der Waals surface area contributed by atoms with Gasteiger partial charge in [0, 0.05) is 12.8 Å². The summed E-state index contributed by atoms with van der Waals surface area (Å²) in [5, 5.41) is 0. The van der Waals surface area contributed by atoms with Crippen molar-refractivity contribution in [1.82, 2.24) is 0 Å². The fourth-order valence-corrected chi connectivity index (χ4v) is 6.16. The molecule has 0 heterocycles. The molecule has 0 saturated carbocycles. The molecule has 8 nitrogen and oxygen atoms in total. The van der Waals surface area contributed by atoms with Crippen molar-refractivity contribution < 1.29 is 37.9 Å². The molecule has 0 aromatic rings. The van der Waals surface area contributed by atoms with Gasteiger partial charge in [-0.3, -0.25) is 14.1 Å². The molecule has 0 saturated heterocycles. The van der Waals surface area contributed by atoms with Gasteiger partial charge in [-0.05, 0) is 38.5 Å². The van der Waals surface area contributed by atoms with Gasteiger partial charge in [0.2, 0.25) is 0 Å². The standard InChI is InChI=1S/C43H77O8P/c1-3-5-7-9-11-13-15-17-18-19-20-21-22-23-24-26-27-29-31-33-35-37-42(44)49-39-41(40-50-52(46,47)48)51-43(45)38-36-34-32-30-28-25-16-14-12-10-8-6-4-2/h6,8,12,14,25,28,32,34,41H,3-5,7,9-11,13,15-24,26-27,29-31,33,35-40H2,1-2H3,(H2,46,47,48)/b8-6-,14-12-,28-25-,34-32-. The third kappa shape index (κ3) is 40.8. The molecule has 0 aromatic heterocycles. The molecule has 0 amide bonds. The molecule has 52 heavy (non-hydrogen) atoms. The lowest BCUT2D eigenvalue weighted by Gasteiger charge is -2.18. The number of hydrogen-bond donors (Lipinski definition) is 2. The maximum Gasteiger partial charge on any atom is 0.469 e. The summed E-state index contributed by atoms with van der Waals surface area (Å²) in [5.41, 5.74) is 0. The third-order valence-electron chi connectivity index (χ3n) is 8.88. The summed E-state index contributed by atoms with van der Waals surface area (Å²) in [7, 11) is -4.77. The van der Waals surface area contributed by atoms with Crippen LogP contribution >= 0.6 is 7.82 Å². The summed E-state index contributed by atoms with van der Waals surface area (Å²) >= 11 is 0. The highest BCUT2D eigenvalue weighted by atomic mass is 31.2. The van der Waals surface area contributed by atoms with E-state index in [9.17, 15) is 14.2 Å². The molecular weight excluding hydrogens is 675 g/mol. The van der Waals surface area contributed by atoms with Crippen molar-refractivity contribution in [3.05, 3.63) is 48.6 Å². The summed E-state index contributed by atoms with van der Waals surface area (Å²) in [6.45, 7) is 3.52. The normalized spacial score (nSPS) is 12.9. The van der Waals surface area contributed by atoms with E-state index in [2.05, 4.69) is 54.8 Å². The summed E-state index contributed by atoms with van der Waals surface area (Å²) in [5.74, 6) is -0.975. The molecular formula is C43H77O8P. The van der Waals surface area contributed by atoms with Crippen molar-refractivity contribution >= 4 is 19.8 Å². The Bertz CT molecular complexity index is 984. The smallest absolute Gasteiger partial charge is 0.462 e. The van der Waals surface area contributed by atoms with Crippen molar-refractivity contribution in [2.45, 2.75) is 200 Å². The van der Waals surface area contributed by atoms with Crippen LogP contribution in [0.2, 0.25) is 0 Å². The molecule has 2 N–H and O–H groups in total. The van der Waals surface area contributed by atoms with Gasteiger partial charge in [-0.15, -0.1) is 0 Å². The quantitative estimate of drug-likeness (QED) is 0.0277. The Morgan fingerprint density at radius 2 is 0.923 bits per heavy atom. The predicted molar refractivity (Wildman–Crippen MR) is 216 cm³/mol. The molecule has 0 fully saturated rings. The van der Waals surface area contributed by atoms with E-state index in [0.717, 1.165) is 44.9 Å². The second-order valence-corrected chi connectivity index (χ2v) is 15.2. The Morgan fingerprint density at radius 1 is 0.519 bits per heavy atom. The lowest BCUT2D eigenvalue weighted by molar-refractivity contribution is -0.161. The fraction of sp³-hybridized carbons (Fsp3) is 0.767. The first-order valence-electron chi connectivity index (χ1n) is 20.9. The van der Waals surface area contributed by atoms with Crippen molar-refractivity contribution in [3.63, 3.8) is 0 Å². The van der Waals surface area contributed by atoms with Crippen LogP contribution in [0.15, 0.2) is 48.6 Å². The zero-order valence-electron chi connectivity index (χ0n) is 33.2. The van der Waals surface area contributed by atoms with Gasteiger partial charge in [-0.1, -0.05) is 191 Å². The van der Waals surface area contributed by atoms with Crippen molar-refractivity contribution in [1.29, 1.82) is 0 Å². The van der Waals surface area contributed by atoms with E-state index in [-0.39, 0.29) is 19.4 Å². The van der Waals surface area contributed by atoms with Gasteiger partial charge in [0.1, 0.15) is 6.61 Å². The van der Waals surface area contributed by atoms with Crippen LogP contribution < -0.4 is 0 Å². The number of hydrogen-bond acceptors (Lipinski definition) is 6. The third-order valence-corrected chi connectivity index (χ3v) is 9.36. The minimum Gasteiger partial charge on any atom is -0.462 e. The Labute approximate surface area is 318 Å². The van der Waals surface area contributed by atoms with Crippen LogP contribution in [0.4, 0.5) is 0 Å². The summed E-state index contributed by atoms with van der Waals surface area (Å²) < 4.78 is 26.3. The van der Waals surface area contributed by atoms with Gasteiger partial charge in [0.25, 0.3) is 0 Å². The molecule has 0 bridgehead atoms. The fourth-order valence-electron chi connectivity index (χ4n) is 5.80. The number of phosphoric ester groups is 1. The van der Waals surface area contributed by atoms with Crippen LogP contribution in [0.1, 0.15) is 194 Å². The number of ether oxygens (including phenoxy) is 2. The number of carbonyl (C=O) groups excluding carboxylic acids is 2. The van der Waals surface area contributed by atoms with E-state index >= 15 is 0 Å². The maximum atomic E-state index is 12.3. The van der Waals surface area contributed by atoms with Crippen molar-refractivity contribution in [2.24, 2.45) is 0 Å². The topological polar surface area (TPSA) is 119 Å². The highest BCUT2D eigenvalue weighted by molar-refractivity contribution is 7.46. The van der Waals surface area contributed by atoms with E-state index in [0.29, 0.717) is 6.42 Å². The molecule has 0 spiro atoms. The Balaban J connectivity index is 3.91. The minimum atomic E-state index is -4.77. The van der Waals surface area contributed by atoms with E-state index in [1.54, 1.807) is 0 Å². The van der Waals surface area contributed by atoms with Gasteiger partial charge in [-0.2, -0.15) is 0 Å². The molecule has 0 aromatic carbocycles. The molecule has 0 aliphatic heterocycles. The van der Waals surface area contributed by atoms with Crippen LogP contribution in [-0.4, -0.2) is 41.0 Å². The molecule has 0 aliphatic rings. The minimum absolute atomic E-state index is 0.0913. The van der Waals surface area contributed by atoms with E-state index in [1.807, 2.05) is 12.2 Å². The second-order valence-electron chi connectivity index (χ2n) is 13.9. The first-order chi connectivity index (χ1) is 25.3. The number of allylic oxidation sites excluding steroid dienone is 8. The van der Waals surface area contributed by atoms with Crippen LogP contribution in [0.25, 0.3) is 0 Å². The Hall–Kier alpha value is -1.99. The number of rotatable bonds is 38. The van der Waals surface area contributed by atoms with Crippen LogP contribution in [0.3, 0.4) is 0 Å². The summed E-state index contributed by atoms with van der Waals surface area (Å²) in [4.78, 5) is 42.7.